The van der Waals surface area contributed by atoms with E-state index in [9.17, 15) is 5.11 Å². The standard InChI is InChI=1S/C10H18O/c11-10-6-5-8-3-1-2-4-9(8)7-10/h8-11H,1-7H2/t8-,9+,10-/m0/s1. The summed E-state index contributed by atoms with van der Waals surface area (Å²) >= 11 is 0. The average molecular weight is 154 g/mol. The van der Waals surface area contributed by atoms with Gasteiger partial charge in [0.05, 0.1) is 6.10 Å². The van der Waals surface area contributed by atoms with Gasteiger partial charge >= 0.3 is 0 Å². The number of rotatable bonds is 0. The molecular formula is C10H18O. The van der Waals surface area contributed by atoms with E-state index in [0.29, 0.717) is 0 Å². The molecule has 64 valence electrons. The molecule has 2 aliphatic carbocycles. The molecule has 2 saturated carbocycles. The fourth-order valence-electron chi connectivity index (χ4n) is 2.85. The van der Waals surface area contributed by atoms with Gasteiger partial charge in [-0.25, -0.2) is 0 Å². The first-order valence-electron chi connectivity index (χ1n) is 5.04. The predicted molar refractivity (Wildman–Crippen MR) is 45.3 cm³/mol. The van der Waals surface area contributed by atoms with E-state index in [0.717, 1.165) is 24.7 Å². The minimum Gasteiger partial charge on any atom is -0.393 e. The van der Waals surface area contributed by atoms with Gasteiger partial charge in [-0.3, -0.25) is 0 Å². The summed E-state index contributed by atoms with van der Waals surface area (Å²) in [6.45, 7) is 0. The second kappa shape index (κ2) is 3.14. The summed E-state index contributed by atoms with van der Waals surface area (Å²) < 4.78 is 0. The number of fused-ring (bicyclic) bond motifs is 1. The fraction of sp³-hybridized carbons (Fsp3) is 1.00. The Kier molecular flexibility index (Phi) is 2.17. The Morgan fingerprint density at radius 1 is 0.818 bits per heavy atom. The Balaban J connectivity index is 1.93. The zero-order valence-corrected chi connectivity index (χ0v) is 7.13. The summed E-state index contributed by atoms with van der Waals surface area (Å²) in [4.78, 5) is 0. The highest BCUT2D eigenvalue weighted by Gasteiger charge is 2.30. The molecule has 1 heteroatoms. The lowest BCUT2D eigenvalue weighted by atomic mass is 9.70. The van der Waals surface area contributed by atoms with Crippen molar-refractivity contribution in [3.8, 4) is 0 Å². The third-order valence-electron chi connectivity index (χ3n) is 3.51. The van der Waals surface area contributed by atoms with Crippen LogP contribution in [0.5, 0.6) is 0 Å². The highest BCUT2D eigenvalue weighted by atomic mass is 16.3. The third-order valence-corrected chi connectivity index (χ3v) is 3.51. The third kappa shape index (κ3) is 1.58. The summed E-state index contributed by atoms with van der Waals surface area (Å²) in [5, 5.41) is 9.45. The zero-order chi connectivity index (χ0) is 7.68. The van der Waals surface area contributed by atoms with Gasteiger partial charge in [-0.2, -0.15) is 0 Å². The second-order valence-corrected chi connectivity index (χ2v) is 4.27. The van der Waals surface area contributed by atoms with E-state index in [2.05, 4.69) is 0 Å². The van der Waals surface area contributed by atoms with Crippen molar-refractivity contribution >= 4 is 0 Å². The number of hydrogen-bond donors (Lipinski definition) is 1. The maximum atomic E-state index is 9.45. The van der Waals surface area contributed by atoms with Gasteiger partial charge in [-0.05, 0) is 31.1 Å². The molecule has 1 nitrogen and oxygen atoms in total. The maximum absolute atomic E-state index is 9.45. The van der Waals surface area contributed by atoms with E-state index in [1.54, 1.807) is 0 Å². The Labute approximate surface area is 68.8 Å². The van der Waals surface area contributed by atoms with Crippen LogP contribution in [0.2, 0.25) is 0 Å². The SMILES string of the molecule is O[C@H]1CC[C@@H]2CCCC[C@@H]2C1. The lowest BCUT2D eigenvalue weighted by Gasteiger charge is -2.37. The van der Waals surface area contributed by atoms with Crippen molar-refractivity contribution in [1.29, 1.82) is 0 Å². The van der Waals surface area contributed by atoms with Crippen LogP contribution in [0.25, 0.3) is 0 Å². The highest BCUT2D eigenvalue weighted by molar-refractivity contribution is 4.82. The van der Waals surface area contributed by atoms with Crippen LogP contribution in [0.1, 0.15) is 44.9 Å². The van der Waals surface area contributed by atoms with Crippen LogP contribution < -0.4 is 0 Å². The molecular weight excluding hydrogens is 136 g/mol. The average Bonchev–Trinajstić information content (AvgIpc) is 2.04. The lowest BCUT2D eigenvalue weighted by molar-refractivity contribution is 0.0491. The molecule has 2 aliphatic rings. The molecule has 0 aliphatic heterocycles. The van der Waals surface area contributed by atoms with Gasteiger partial charge in [0, 0.05) is 0 Å². The molecule has 0 saturated heterocycles. The van der Waals surface area contributed by atoms with Crippen molar-refractivity contribution in [3.63, 3.8) is 0 Å². The summed E-state index contributed by atoms with van der Waals surface area (Å²) in [5.74, 6) is 1.86. The van der Waals surface area contributed by atoms with Crippen LogP contribution in [0, 0.1) is 11.8 Å². The second-order valence-electron chi connectivity index (χ2n) is 4.27. The lowest BCUT2D eigenvalue weighted by Crippen LogP contribution is -2.29. The molecule has 0 amide bonds. The summed E-state index contributed by atoms with van der Waals surface area (Å²) in [7, 11) is 0. The number of aliphatic hydroxyl groups excluding tert-OH is 1. The van der Waals surface area contributed by atoms with Gasteiger partial charge in [0.25, 0.3) is 0 Å². The Bertz CT molecular complexity index is 133. The van der Waals surface area contributed by atoms with Crippen molar-refractivity contribution < 1.29 is 5.11 Å². The first-order valence-corrected chi connectivity index (χ1v) is 5.04. The van der Waals surface area contributed by atoms with Crippen LogP contribution in [-0.2, 0) is 0 Å². The van der Waals surface area contributed by atoms with Crippen LogP contribution in [0.3, 0.4) is 0 Å². The molecule has 0 radical (unpaired) electrons. The minimum atomic E-state index is 0.0364. The summed E-state index contributed by atoms with van der Waals surface area (Å²) in [6.07, 6.45) is 9.19. The minimum absolute atomic E-state index is 0.0364. The fourth-order valence-corrected chi connectivity index (χ4v) is 2.85. The predicted octanol–water partition coefficient (Wildman–Crippen LogP) is 2.34. The first kappa shape index (κ1) is 7.60. The van der Waals surface area contributed by atoms with Crippen LogP contribution in [-0.4, -0.2) is 11.2 Å². The van der Waals surface area contributed by atoms with Crippen molar-refractivity contribution in [2.75, 3.05) is 0 Å². The quantitative estimate of drug-likeness (QED) is 0.568. The molecule has 11 heavy (non-hydrogen) atoms. The van der Waals surface area contributed by atoms with Crippen molar-refractivity contribution in [3.05, 3.63) is 0 Å². The molecule has 0 aromatic heterocycles. The van der Waals surface area contributed by atoms with E-state index in [1.165, 1.54) is 32.1 Å². The van der Waals surface area contributed by atoms with Gasteiger partial charge in [-0.1, -0.05) is 25.7 Å². The Morgan fingerprint density at radius 3 is 2.36 bits per heavy atom. The monoisotopic (exact) mass is 154 g/mol. The molecule has 0 bridgehead atoms. The topological polar surface area (TPSA) is 20.2 Å². The molecule has 3 atom stereocenters. The molecule has 0 aromatic carbocycles. The van der Waals surface area contributed by atoms with Gasteiger partial charge in [0.1, 0.15) is 0 Å². The van der Waals surface area contributed by atoms with Gasteiger partial charge in [-0.15, -0.1) is 0 Å². The molecule has 0 heterocycles. The van der Waals surface area contributed by atoms with E-state index in [4.69, 9.17) is 0 Å². The molecule has 1 N–H and O–H groups in total. The van der Waals surface area contributed by atoms with Gasteiger partial charge in [0.15, 0.2) is 0 Å². The first-order chi connectivity index (χ1) is 5.36. The van der Waals surface area contributed by atoms with Crippen molar-refractivity contribution in [2.24, 2.45) is 11.8 Å². The van der Waals surface area contributed by atoms with Gasteiger partial charge in [0.2, 0.25) is 0 Å². The van der Waals surface area contributed by atoms with E-state index in [1.807, 2.05) is 0 Å². The van der Waals surface area contributed by atoms with Gasteiger partial charge < -0.3 is 5.11 Å². The van der Waals surface area contributed by atoms with E-state index in [-0.39, 0.29) is 6.10 Å². The largest absolute Gasteiger partial charge is 0.393 e. The van der Waals surface area contributed by atoms with Crippen LogP contribution in [0.4, 0.5) is 0 Å². The zero-order valence-electron chi connectivity index (χ0n) is 7.13. The summed E-state index contributed by atoms with van der Waals surface area (Å²) in [5.41, 5.74) is 0. The Hall–Kier alpha value is -0.0400. The summed E-state index contributed by atoms with van der Waals surface area (Å²) in [6, 6.07) is 0. The Morgan fingerprint density at radius 2 is 1.55 bits per heavy atom. The van der Waals surface area contributed by atoms with E-state index >= 15 is 0 Å². The van der Waals surface area contributed by atoms with E-state index < -0.39 is 0 Å². The number of hydrogen-bond acceptors (Lipinski definition) is 1. The molecule has 0 aromatic rings. The highest BCUT2D eigenvalue weighted by Crippen LogP contribution is 2.40. The van der Waals surface area contributed by atoms with Crippen molar-refractivity contribution in [1.82, 2.24) is 0 Å². The molecule has 2 fully saturated rings. The van der Waals surface area contributed by atoms with Crippen molar-refractivity contribution in [2.45, 2.75) is 51.0 Å². The molecule has 0 unspecified atom stereocenters. The maximum Gasteiger partial charge on any atom is 0.0543 e. The molecule has 2 rings (SSSR count). The van der Waals surface area contributed by atoms with Crippen LogP contribution >= 0.6 is 0 Å². The van der Waals surface area contributed by atoms with Crippen LogP contribution in [0.15, 0.2) is 0 Å². The smallest absolute Gasteiger partial charge is 0.0543 e. The normalized spacial score (nSPS) is 45.0. The number of aliphatic hydroxyl groups is 1. The molecule has 0 spiro atoms.